The average Bonchev–Trinajstić information content (AvgIpc) is 2.92. The standard InChI is InChI=1S/C18H14BrF2N3O/c1-10-7-11(19)3-6-16(10)22-18(25)14-9-24(2)23-17(14)13-5-4-12(20)8-15(13)21/h3-9H,1-2H3,(H,22,25). The first-order valence-electron chi connectivity index (χ1n) is 7.41. The van der Waals surface area contributed by atoms with E-state index >= 15 is 0 Å². The van der Waals surface area contributed by atoms with Crippen LogP contribution < -0.4 is 5.32 Å². The highest BCUT2D eigenvalue weighted by atomic mass is 79.9. The summed E-state index contributed by atoms with van der Waals surface area (Å²) in [5, 5.41) is 6.95. The number of carbonyl (C=O) groups excluding carboxylic acids is 1. The molecule has 0 spiro atoms. The van der Waals surface area contributed by atoms with Gasteiger partial charge in [-0.1, -0.05) is 15.9 Å². The van der Waals surface area contributed by atoms with Crippen molar-refractivity contribution in [3.05, 3.63) is 69.8 Å². The Kier molecular flexibility index (Phi) is 4.67. The van der Waals surface area contributed by atoms with Crippen LogP contribution in [-0.2, 0) is 7.05 Å². The van der Waals surface area contributed by atoms with E-state index in [2.05, 4.69) is 26.3 Å². The monoisotopic (exact) mass is 405 g/mol. The third kappa shape index (κ3) is 3.61. The number of rotatable bonds is 3. The number of benzene rings is 2. The maximum absolute atomic E-state index is 14.1. The second-order valence-corrected chi connectivity index (χ2v) is 6.52. The molecule has 3 aromatic rings. The van der Waals surface area contributed by atoms with E-state index in [0.717, 1.165) is 22.2 Å². The van der Waals surface area contributed by atoms with Crippen molar-refractivity contribution >= 4 is 27.5 Å². The number of carbonyl (C=O) groups is 1. The van der Waals surface area contributed by atoms with Gasteiger partial charge in [0.15, 0.2) is 0 Å². The number of nitrogens with zero attached hydrogens (tertiary/aromatic N) is 2. The van der Waals surface area contributed by atoms with Gasteiger partial charge in [0.05, 0.1) is 5.56 Å². The quantitative estimate of drug-likeness (QED) is 0.686. The van der Waals surface area contributed by atoms with Crippen LogP contribution in [0.2, 0.25) is 0 Å². The van der Waals surface area contributed by atoms with Crippen LogP contribution in [0.15, 0.2) is 47.1 Å². The average molecular weight is 406 g/mol. The van der Waals surface area contributed by atoms with Crippen LogP contribution >= 0.6 is 15.9 Å². The minimum absolute atomic E-state index is 0.0691. The van der Waals surface area contributed by atoms with Crippen molar-refractivity contribution in [3.63, 3.8) is 0 Å². The molecule has 0 saturated heterocycles. The number of halogens is 3. The Morgan fingerprint density at radius 1 is 1.20 bits per heavy atom. The number of amides is 1. The van der Waals surface area contributed by atoms with Crippen molar-refractivity contribution in [2.24, 2.45) is 7.05 Å². The normalized spacial score (nSPS) is 10.8. The predicted molar refractivity (Wildman–Crippen MR) is 95.4 cm³/mol. The lowest BCUT2D eigenvalue weighted by Crippen LogP contribution is -2.13. The fraction of sp³-hybridized carbons (Fsp3) is 0.111. The Morgan fingerprint density at radius 2 is 1.96 bits per heavy atom. The Balaban J connectivity index is 1.99. The van der Waals surface area contributed by atoms with Gasteiger partial charge in [0, 0.05) is 35.0 Å². The maximum Gasteiger partial charge on any atom is 0.259 e. The second kappa shape index (κ2) is 6.76. The number of nitrogens with one attached hydrogen (secondary N) is 1. The third-order valence-electron chi connectivity index (χ3n) is 3.70. The van der Waals surface area contributed by atoms with Gasteiger partial charge in [-0.2, -0.15) is 5.10 Å². The summed E-state index contributed by atoms with van der Waals surface area (Å²) in [6.45, 7) is 1.87. The van der Waals surface area contributed by atoms with Crippen LogP contribution in [0.4, 0.5) is 14.5 Å². The number of aryl methyl sites for hydroxylation is 2. The van der Waals surface area contributed by atoms with E-state index in [1.807, 2.05) is 19.1 Å². The molecule has 0 aliphatic carbocycles. The number of aromatic nitrogens is 2. The van der Waals surface area contributed by atoms with E-state index in [9.17, 15) is 13.6 Å². The van der Waals surface area contributed by atoms with Gasteiger partial charge in [-0.15, -0.1) is 0 Å². The SMILES string of the molecule is Cc1cc(Br)ccc1NC(=O)c1cn(C)nc1-c1ccc(F)cc1F. The molecular formula is C18H14BrF2N3O. The molecule has 2 aromatic carbocycles. The molecule has 0 aliphatic heterocycles. The van der Waals surface area contributed by atoms with E-state index in [1.165, 1.54) is 16.9 Å². The van der Waals surface area contributed by atoms with Crippen LogP contribution in [0.5, 0.6) is 0 Å². The molecule has 7 heteroatoms. The highest BCUT2D eigenvalue weighted by molar-refractivity contribution is 9.10. The van der Waals surface area contributed by atoms with Crippen molar-refractivity contribution in [3.8, 4) is 11.3 Å². The Bertz CT molecular complexity index is 969. The lowest BCUT2D eigenvalue weighted by molar-refractivity contribution is 0.102. The topological polar surface area (TPSA) is 46.9 Å². The van der Waals surface area contributed by atoms with Gasteiger partial charge in [-0.25, -0.2) is 8.78 Å². The van der Waals surface area contributed by atoms with Gasteiger partial charge in [-0.05, 0) is 42.8 Å². The van der Waals surface area contributed by atoms with Crippen LogP contribution in [0.1, 0.15) is 15.9 Å². The lowest BCUT2D eigenvalue weighted by atomic mass is 10.1. The molecule has 3 rings (SSSR count). The molecular weight excluding hydrogens is 392 g/mol. The molecule has 0 bridgehead atoms. The van der Waals surface area contributed by atoms with E-state index in [1.54, 1.807) is 13.1 Å². The maximum atomic E-state index is 14.1. The molecule has 0 saturated carbocycles. The summed E-state index contributed by atoms with van der Waals surface area (Å²) in [7, 11) is 1.63. The van der Waals surface area contributed by atoms with E-state index < -0.39 is 17.5 Å². The molecule has 1 amide bonds. The van der Waals surface area contributed by atoms with E-state index in [0.29, 0.717) is 5.69 Å². The van der Waals surface area contributed by atoms with Crippen LogP contribution in [0.3, 0.4) is 0 Å². The van der Waals surface area contributed by atoms with Gasteiger partial charge in [0.25, 0.3) is 5.91 Å². The molecule has 0 atom stereocenters. The molecule has 0 aliphatic rings. The zero-order valence-electron chi connectivity index (χ0n) is 13.5. The van der Waals surface area contributed by atoms with Gasteiger partial charge in [-0.3, -0.25) is 9.48 Å². The smallest absolute Gasteiger partial charge is 0.259 e. The highest BCUT2D eigenvalue weighted by Crippen LogP contribution is 2.27. The van der Waals surface area contributed by atoms with Gasteiger partial charge in [0.2, 0.25) is 0 Å². The molecule has 1 N–H and O–H groups in total. The molecule has 4 nitrogen and oxygen atoms in total. The van der Waals surface area contributed by atoms with E-state index in [-0.39, 0.29) is 16.8 Å². The Labute approximate surface area is 151 Å². The summed E-state index contributed by atoms with van der Waals surface area (Å²) in [5.74, 6) is -1.88. The Morgan fingerprint density at radius 3 is 2.64 bits per heavy atom. The predicted octanol–water partition coefficient (Wildman–Crippen LogP) is 4.69. The highest BCUT2D eigenvalue weighted by Gasteiger charge is 2.20. The summed E-state index contributed by atoms with van der Waals surface area (Å²) in [6, 6.07) is 8.63. The largest absolute Gasteiger partial charge is 0.322 e. The molecule has 1 heterocycles. The van der Waals surface area contributed by atoms with Gasteiger partial charge < -0.3 is 5.32 Å². The van der Waals surface area contributed by atoms with Crippen LogP contribution in [0.25, 0.3) is 11.3 Å². The number of hydrogen-bond donors (Lipinski definition) is 1. The molecule has 0 radical (unpaired) electrons. The van der Waals surface area contributed by atoms with Crippen molar-refractivity contribution in [1.29, 1.82) is 0 Å². The minimum Gasteiger partial charge on any atom is -0.322 e. The summed E-state index contributed by atoms with van der Waals surface area (Å²) >= 11 is 3.37. The molecule has 128 valence electrons. The molecule has 0 fully saturated rings. The van der Waals surface area contributed by atoms with Crippen LogP contribution in [0, 0.1) is 18.6 Å². The summed E-state index contributed by atoms with van der Waals surface area (Å²) < 4.78 is 29.6. The lowest BCUT2D eigenvalue weighted by Gasteiger charge is -2.09. The first-order chi connectivity index (χ1) is 11.8. The number of hydrogen-bond acceptors (Lipinski definition) is 2. The fourth-order valence-electron chi connectivity index (χ4n) is 2.49. The fourth-order valence-corrected chi connectivity index (χ4v) is 2.97. The molecule has 25 heavy (non-hydrogen) atoms. The minimum atomic E-state index is -0.771. The zero-order chi connectivity index (χ0) is 18.1. The second-order valence-electron chi connectivity index (χ2n) is 5.60. The molecule has 0 unspecified atom stereocenters. The molecule has 1 aromatic heterocycles. The van der Waals surface area contributed by atoms with Gasteiger partial charge >= 0.3 is 0 Å². The van der Waals surface area contributed by atoms with Crippen molar-refractivity contribution in [1.82, 2.24) is 9.78 Å². The summed E-state index contributed by atoms with van der Waals surface area (Å²) in [4.78, 5) is 12.7. The van der Waals surface area contributed by atoms with Crippen molar-refractivity contribution in [2.45, 2.75) is 6.92 Å². The number of anilines is 1. The summed E-state index contributed by atoms with van der Waals surface area (Å²) in [6.07, 6.45) is 1.50. The zero-order valence-corrected chi connectivity index (χ0v) is 15.1. The van der Waals surface area contributed by atoms with Crippen molar-refractivity contribution in [2.75, 3.05) is 5.32 Å². The van der Waals surface area contributed by atoms with E-state index in [4.69, 9.17) is 0 Å². The van der Waals surface area contributed by atoms with Gasteiger partial charge in [0.1, 0.15) is 17.3 Å². The summed E-state index contributed by atoms with van der Waals surface area (Å²) in [5.41, 5.74) is 1.95. The Hall–Kier alpha value is -2.54. The van der Waals surface area contributed by atoms with Crippen LogP contribution in [-0.4, -0.2) is 15.7 Å². The first kappa shape index (κ1) is 17.3. The van der Waals surface area contributed by atoms with Crippen molar-refractivity contribution < 1.29 is 13.6 Å². The first-order valence-corrected chi connectivity index (χ1v) is 8.21. The third-order valence-corrected chi connectivity index (χ3v) is 4.19.